The predicted octanol–water partition coefficient (Wildman–Crippen LogP) is 4.06. The molecule has 2 aliphatic heterocycles. The zero-order valence-electron chi connectivity index (χ0n) is 24.2. The maximum atomic E-state index is 13.1. The van der Waals surface area contributed by atoms with Crippen molar-refractivity contribution >= 4 is 36.9 Å². The first kappa shape index (κ1) is 28.6. The fourth-order valence-corrected chi connectivity index (χ4v) is 7.09. The van der Waals surface area contributed by atoms with Gasteiger partial charge in [-0.3, -0.25) is 9.69 Å². The van der Waals surface area contributed by atoms with Crippen LogP contribution in [0.1, 0.15) is 28.1 Å². The molecule has 0 aliphatic carbocycles. The van der Waals surface area contributed by atoms with E-state index < -0.39 is 14.0 Å². The van der Waals surface area contributed by atoms with E-state index in [9.17, 15) is 4.79 Å². The summed E-state index contributed by atoms with van der Waals surface area (Å²) < 4.78 is 28.1. The quantitative estimate of drug-likeness (QED) is 0.254. The number of aryl methyl sites for hydroxylation is 1. The van der Waals surface area contributed by atoms with Crippen LogP contribution in [-0.2, 0) is 4.74 Å². The Balaban J connectivity index is 1.23. The molecule has 3 aromatic rings. The minimum atomic E-state index is -1.63. The molecule has 1 amide bonds. The lowest BCUT2D eigenvalue weighted by atomic mass is 10.1. The molecule has 2 aromatic heterocycles. The van der Waals surface area contributed by atoms with E-state index in [0.29, 0.717) is 18.2 Å². The van der Waals surface area contributed by atoms with E-state index in [1.165, 1.54) is 25.0 Å². The molecule has 0 atom stereocenters. The number of hydrogen-bond acceptors (Lipinski definition) is 10. The maximum Gasteiger partial charge on any atom is 0.291 e. The van der Waals surface area contributed by atoms with Gasteiger partial charge in [-0.1, -0.05) is 24.9 Å². The number of methoxy groups -OCH3 is 2. The molecule has 12 heteroatoms. The fraction of sp³-hybridized carbons (Fsp3) is 0.414. The zero-order valence-corrected chi connectivity index (χ0v) is 25.2. The van der Waals surface area contributed by atoms with Crippen LogP contribution in [0.2, 0.25) is 13.1 Å². The van der Waals surface area contributed by atoms with Crippen molar-refractivity contribution in [1.29, 1.82) is 0 Å². The number of anilines is 2. The molecule has 1 aromatic carbocycles. The molecule has 1 fully saturated rings. The van der Waals surface area contributed by atoms with Gasteiger partial charge in [0.2, 0.25) is 17.7 Å². The molecule has 41 heavy (non-hydrogen) atoms. The van der Waals surface area contributed by atoms with Crippen LogP contribution >= 0.6 is 0 Å². The van der Waals surface area contributed by atoms with Gasteiger partial charge in [0, 0.05) is 25.7 Å². The van der Waals surface area contributed by atoms with Crippen molar-refractivity contribution in [1.82, 2.24) is 14.9 Å². The van der Waals surface area contributed by atoms with E-state index in [1.807, 2.05) is 6.92 Å². The Morgan fingerprint density at radius 3 is 2.54 bits per heavy atom. The van der Waals surface area contributed by atoms with E-state index in [-0.39, 0.29) is 29.2 Å². The Bertz CT molecular complexity index is 1410. The van der Waals surface area contributed by atoms with Crippen LogP contribution < -0.4 is 30.0 Å². The molecular weight excluding hydrogens is 542 g/mol. The molecule has 218 valence electrons. The summed E-state index contributed by atoms with van der Waals surface area (Å²) in [4.78, 5) is 24.3. The van der Waals surface area contributed by atoms with Crippen LogP contribution in [0.5, 0.6) is 23.5 Å². The SMILES string of the molecule is COc1nc(NCCCN2CCOCC2)nc(OC)c1NC(=O)c1ccc(Oc2cc3c(cc2C)C=C[Si]3(C)C)o1. The number of benzene rings is 1. The number of hydrogen-bond donors (Lipinski definition) is 2. The minimum Gasteiger partial charge on any atom is -0.479 e. The van der Waals surface area contributed by atoms with E-state index in [1.54, 1.807) is 12.1 Å². The summed E-state index contributed by atoms with van der Waals surface area (Å²) >= 11 is 0. The fourth-order valence-electron chi connectivity index (χ4n) is 4.91. The number of morpholine rings is 1. The Morgan fingerprint density at radius 2 is 1.83 bits per heavy atom. The normalized spacial score (nSPS) is 15.8. The lowest BCUT2D eigenvalue weighted by Crippen LogP contribution is -2.37. The van der Waals surface area contributed by atoms with Gasteiger partial charge in [0.25, 0.3) is 11.9 Å². The number of aromatic nitrogens is 2. The van der Waals surface area contributed by atoms with Gasteiger partial charge in [0.1, 0.15) is 13.8 Å². The summed E-state index contributed by atoms with van der Waals surface area (Å²) in [6.45, 7) is 11.7. The molecule has 4 heterocycles. The highest BCUT2D eigenvalue weighted by Crippen LogP contribution is 2.34. The van der Waals surface area contributed by atoms with Gasteiger partial charge in [-0.15, -0.1) is 0 Å². The smallest absolute Gasteiger partial charge is 0.291 e. The van der Waals surface area contributed by atoms with E-state index >= 15 is 0 Å². The number of ether oxygens (including phenoxy) is 4. The maximum absolute atomic E-state index is 13.1. The van der Waals surface area contributed by atoms with Crippen molar-refractivity contribution in [3.05, 3.63) is 46.9 Å². The predicted molar refractivity (Wildman–Crippen MR) is 160 cm³/mol. The first-order chi connectivity index (χ1) is 19.8. The third-order valence-corrected chi connectivity index (χ3v) is 10.1. The average molecular weight is 580 g/mol. The van der Waals surface area contributed by atoms with Gasteiger partial charge in [-0.05, 0) is 54.4 Å². The lowest BCUT2D eigenvalue weighted by molar-refractivity contribution is 0.0378. The lowest BCUT2D eigenvalue weighted by Gasteiger charge is -2.26. The standard InChI is InChI=1S/C29H37N5O6Si/c1-19-17-20-9-16-41(4,5)23(20)18-22(19)40-24-8-7-21(39-24)26(35)31-25-27(36-2)32-29(33-28(25)37-3)30-10-6-11-34-12-14-38-15-13-34/h7-9,16-18H,6,10-15H2,1-5H3,(H,31,35)(H,30,32,33). The number of carbonyl (C=O) groups is 1. The number of carbonyl (C=O) groups excluding carboxylic acids is 1. The summed E-state index contributed by atoms with van der Waals surface area (Å²) in [6.07, 6.45) is 3.10. The minimum absolute atomic E-state index is 0.0598. The van der Waals surface area contributed by atoms with Gasteiger partial charge < -0.3 is 34.0 Å². The second-order valence-corrected chi connectivity index (χ2v) is 14.9. The largest absolute Gasteiger partial charge is 0.479 e. The van der Waals surface area contributed by atoms with Crippen molar-refractivity contribution < 1.29 is 28.2 Å². The zero-order chi connectivity index (χ0) is 29.0. The molecular formula is C29H37N5O6Si. The van der Waals surface area contributed by atoms with Crippen LogP contribution in [0.25, 0.3) is 6.08 Å². The third kappa shape index (κ3) is 6.55. The van der Waals surface area contributed by atoms with Gasteiger partial charge in [0.15, 0.2) is 11.4 Å². The number of nitrogens with one attached hydrogen (secondary N) is 2. The molecule has 2 N–H and O–H groups in total. The van der Waals surface area contributed by atoms with Crippen molar-refractivity contribution in [2.75, 3.05) is 64.2 Å². The monoisotopic (exact) mass is 579 g/mol. The summed E-state index contributed by atoms with van der Waals surface area (Å²) in [5.74, 6) is 1.14. The second kappa shape index (κ2) is 12.3. The Kier molecular flexibility index (Phi) is 8.62. The van der Waals surface area contributed by atoms with Crippen LogP contribution in [0.4, 0.5) is 11.6 Å². The summed E-state index contributed by atoms with van der Waals surface area (Å²) in [5, 5.41) is 7.28. The van der Waals surface area contributed by atoms with Gasteiger partial charge in [0.05, 0.1) is 27.4 Å². The number of amides is 1. The molecule has 0 unspecified atom stereocenters. The van der Waals surface area contributed by atoms with Crippen molar-refractivity contribution in [2.45, 2.75) is 26.4 Å². The molecule has 0 spiro atoms. The Morgan fingerprint density at radius 1 is 1.10 bits per heavy atom. The van der Waals surface area contributed by atoms with Crippen molar-refractivity contribution in [2.24, 2.45) is 0 Å². The highest BCUT2D eigenvalue weighted by Gasteiger charge is 2.29. The van der Waals surface area contributed by atoms with Crippen LogP contribution in [-0.4, -0.2) is 82.5 Å². The Labute approximate surface area is 240 Å². The van der Waals surface area contributed by atoms with Crippen molar-refractivity contribution in [3.63, 3.8) is 0 Å². The molecule has 0 saturated carbocycles. The topological polar surface area (TPSA) is 120 Å². The van der Waals surface area contributed by atoms with E-state index in [4.69, 9.17) is 23.4 Å². The highest BCUT2D eigenvalue weighted by molar-refractivity contribution is 6.96. The Hall–Kier alpha value is -3.87. The third-order valence-electron chi connectivity index (χ3n) is 7.24. The molecule has 1 saturated heterocycles. The summed E-state index contributed by atoms with van der Waals surface area (Å²) in [7, 11) is 1.31. The average Bonchev–Trinajstić information content (AvgIpc) is 3.56. The molecule has 0 radical (unpaired) electrons. The van der Waals surface area contributed by atoms with Crippen LogP contribution in [0, 0.1) is 6.92 Å². The van der Waals surface area contributed by atoms with Gasteiger partial charge in [-0.2, -0.15) is 9.97 Å². The van der Waals surface area contributed by atoms with Gasteiger partial charge in [-0.25, -0.2) is 0 Å². The molecule has 11 nitrogen and oxygen atoms in total. The number of furan rings is 1. The van der Waals surface area contributed by atoms with Crippen molar-refractivity contribution in [3.8, 4) is 23.5 Å². The summed E-state index contributed by atoms with van der Waals surface area (Å²) in [6, 6.07) is 7.39. The van der Waals surface area contributed by atoms with Crippen LogP contribution in [0.3, 0.4) is 0 Å². The second-order valence-electron chi connectivity index (χ2n) is 10.6. The molecule has 2 aliphatic rings. The van der Waals surface area contributed by atoms with Gasteiger partial charge >= 0.3 is 0 Å². The number of fused-ring (bicyclic) bond motifs is 1. The van der Waals surface area contributed by atoms with E-state index in [2.05, 4.69) is 62.5 Å². The number of nitrogens with zero attached hydrogens (tertiary/aromatic N) is 3. The highest BCUT2D eigenvalue weighted by atomic mass is 28.3. The van der Waals surface area contributed by atoms with Crippen LogP contribution in [0.15, 0.2) is 34.4 Å². The number of rotatable bonds is 11. The first-order valence-electron chi connectivity index (χ1n) is 13.7. The van der Waals surface area contributed by atoms with E-state index in [0.717, 1.165) is 44.8 Å². The molecule has 5 rings (SSSR count). The first-order valence-corrected chi connectivity index (χ1v) is 16.8. The molecule has 0 bridgehead atoms. The summed E-state index contributed by atoms with van der Waals surface area (Å²) in [5.41, 5.74) is 4.75.